The van der Waals surface area contributed by atoms with E-state index in [4.69, 9.17) is 47.7 Å². The van der Waals surface area contributed by atoms with Crippen LogP contribution in [0.5, 0.6) is 5.75 Å². The number of aromatic nitrogens is 10. The average molecular weight is 1910 g/mol. The zero-order chi connectivity index (χ0) is 94.2. The van der Waals surface area contributed by atoms with Crippen molar-refractivity contribution >= 4 is 111 Å². The summed E-state index contributed by atoms with van der Waals surface area (Å²) in [6.07, 6.45) is 15.1. The Kier molecular flexibility index (Phi) is 35.4. The van der Waals surface area contributed by atoms with Crippen LogP contribution in [0, 0.1) is 18.3 Å². The molecular formula is C94H134N16O19S2Si2. The number of amides is 1. The Bertz CT molecular complexity index is 5390. The molecular weight excluding hydrogens is 1780 g/mol. The van der Waals surface area contributed by atoms with Crippen molar-refractivity contribution in [3.8, 4) is 5.75 Å². The molecule has 8 aromatic rings. The Labute approximate surface area is 790 Å². The van der Waals surface area contributed by atoms with Gasteiger partial charge < -0.3 is 88.7 Å². The number of carboxylic acid groups (broad SMARTS) is 1. The number of likely N-dealkylation sites (N-methyl/N-ethyl adjacent to an activating group) is 1. The average Bonchev–Trinajstić information content (AvgIpc) is 1.49. The first-order chi connectivity index (χ1) is 63.4. The Hall–Kier alpha value is -9.02. The maximum absolute atomic E-state index is 15.6. The number of carboxylic acids is 1. The lowest BCUT2D eigenvalue weighted by Crippen LogP contribution is -2.80. The smallest absolute Gasteiger partial charge is 0.326 e. The van der Waals surface area contributed by atoms with Crippen LogP contribution in [0.4, 0.5) is 17.3 Å². The molecule has 5 aromatic heterocycles. The van der Waals surface area contributed by atoms with Gasteiger partial charge in [-0.25, -0.2) is 29.4 Å². The molecule has 1 saturated carbocycles. The first-order valence-corrected chi connectivity index (χ1v) is 53.4. The number of aliphatic carboxylic acids is 1. The first-order valence-electron chi connectivity index (χ1n) is 46.2. The molecule has 2 bridgehead atoms. The number of ketones is 2. The number of aromatic amines is 2. The molecule has 724 valence electrons. The zero-order valence-electron chi connectivity index (χ0n) is 78.5. The van der Waals surface area contributed by atoms with Crippen LogP contribution in [0.1, 0.15) is 148 Å². The largest absolute Gasteiger partial charge is 0.496 e. The Morgan fingerprint density at radius 2 is 1.47 bits per heavy atom. The first kappa shape index (κ1) is 103. The van der Waals surface area contributed by atoms with Crippen LogP contribution in [0.15, 0.2) is 108 Å². The van der Waals surface area contributed by atoms with E-state index in [1.54, 1.807) is 35.7 Å². The highest BCUT2D eigenvalue weighted by molar-refractivity contribution is 8.00. The fourth-order valence-electron chi connectivity index (χ4n) is 20.9. The number of anilines is 3. The van der Waals surface area contributed by atoms with Crippen molar-refractivity contribution in [1.29, 1.82) is 0 Å². The molecule has 1 spiro atoms. The van der Waals surface area contributed by atoms with Gasteiger partial charge in [-0.1, -0.05) is 67.6 Å². The molecule has 39 heteroatoms. The normalized spacial score (nSPS) is 23.2. The standard InChI is InChI=1S/C60H83N9O8SSi2.C34H49N7O11.H2S/c1-11-56(73)30-40-31-59(54(72)76-6,50-43(21-25-67(35-40)37-56)42-18-13-14-19-46(42)63-50)45-28-44-47(29-48(45)75-5)66(4)52-58(44)23-26-68-24-17-22-57(12-2,51(58)68)53(71)60(52,74)49(70)20-15-16-27-79(7,8)77-80(9,10)38-78-55-61-32-41(33-62-55)36-69-34-39(3)64-65-69;1-2-47-12-13-49-16-17-51-20-21-52-19-18-50-15-14-48-11-3-4-27(42)9-10-28(33(45)46)39-31(43)24-5-7-25(8-6-24)36-22-26-23-37-30-29(38-26)32(44)41-34(35)40-30;/h13-14,17-19,22,28-29,32-34,40,51-53,63,71,73-74H,11-12,15-16,20-21,23-27,30-31,35-38H2,1-10H3;5-8,23,28,36H,2-4,9-22H2,1H3,(H,39,43)(H,45,46)(H3,35,37,40,41,44);1H2/t40-,51-,52+,53+,56-,57+,58+,59-,60-;28-;/m00./s1. The number of unbranched alkanes of at least 4 members (excludes halogenated alkanes) is 1. The van der Waals surface area contributed by atoms with E-state index in [1.165, 1.54) is 25.4 Å². The van der Waals surface area contributed by atoms with Gasteiger partial charge in [0.15, 0.2) is 44.3 Å². The quantitative estimate of drug-likeness (QED) is 0.00429. The van der Waals surface area contributed by atoms with E-state index in [9.17, 15) is 39.6 Å². The summed E-state index contributed by atoms with van der Waals surface area (Å²) in [5, 5.41) is 65.1. The summed E-state index contributed by atoms with van der Waals surface area (Å²) in [6, 6.07) is 17.3. The van der Waals surface area contributed by atoms with E-state index < -0.39 is 85.7 Å². The molecule has 0 radical (unpaired) electrons. The number of carbonyl (C=O) groups is 5. The predicted octanol–water partition coefficient (Wildman–Crippen LogP) is 8.94. The minimum Gasteiger partial charge on any atom is -0.496 e. The number of aliphatic hydroxyl groups excluding tert-OH is 1. The molecule has 10 heterocycles. The summed E-state index contributed by atoms with van der Waals surface area (Å²) in [7, 11) is 0.658. The number of rotatable bonds is 47. The zero-order valence-corrected chi connectivity index (χ0v) is 82.3. The molecule has 14 rings (SSSR count). The van der Waals surface area contributed by atoms with Gasteiger partial charge in [-0.2, -0.15) is 18.5 Å². The van der Waals surface area contributed by atoms with Gasteiger partial charge >= 0.3 is 11.9 Å². The van der Waals surface area contributed by atoms with Crippen LogP contribution in [-0.2, 0) is 86.8 Å². The van der Waals surface area contributed by atoms with Crippen LogP contribution in [0.25, 0.3) is 22.1 Å². The van der Waals surface area contributed by atoms with Gasteiger partial charge in [0, 0.05) is 157 Å². The number of fused-ring (bicyclic) bond motifs is 7. The third-order valence-electron chi connectivity index (χ3n) is 26.7. The number of nitrogens with two attached hydrogens (primary N) is 1. The molecule has 3 aromatic carbocycles. The number of hydrogen-bond acceptors (Lipinski definition) is 31. The number of methoxy groups -OCH3 is 2. The van der Waals surface area contributed by atoms with Crippen molar-refractivity contribution in [3.05, 3.63) is 153 Å². The number of nitrogens with zero attached hydrogens (tertiary/aromatic N) is 11. The summed E-state index contributed by atoms with van der Waals surface area (Å²) in [6.45, 7) is 26.9. The Morgan fingerprint density at radius 3 is 2.12 bits per heavy atom. The van der Waals surface area contributed by atoms with Gasteiger partial charge in [0.1, 0.15) is 29.1 Å². The second-order valence-electron chi connectivity index (χ2n) is 36.8. The number of hydrogen-bond donors (Lipinski definition) is 9. The van der Waals surface area contributed by atoms with Crippen LogP contribution in [0.3, 0.4) is 0 Å². The molecule has 133 heavy (non-hydrogen) atoms. The highest BCUT2D eigenvalue weighted by atomic mass is 32.2. The van der Waals surface area contributed by atoms with Gasteiger partial charge in [0.2, 0.25) is 5.95 Å². The number of para-hydroxylation sites is 1. The van der Waals surface area contributed by atoms with Crippen molar-refractivity contribution in [1.82, 2.24) is 65.0 Å². The molecule has 1 aliphatic carbocycles. The number of Topliss-reactive ketones (excluding diaryl/α,β-unsaturated/α-hetero) is 2. The van der Waals surface area contributed by atoms with Crippen molar-refractivity contribution in [3.63, 3.8) is 0 Å². The van der Waals surface area contributed by atoms with E-state index in [2.05, 4.69) is 134 Å². The number of piperidine rings is 1. The number of nitrogen functional groups attached to an aromatic ring is 1. The lowest BCUT2D eigenvalue weighted by atomic mass is 9.47. The maximum Gasteiger partial charge on any atom is 0.326 e. The molecule has 1 amide bonds. The fourth-order valence-corrected chi connectivity index (χ4v) is 31.3. The van der Waals surface area contributed by atoms with E-state index in [0.29, 0.717) is 198 Å². The molecule has 1 unspecified atom stereocenters. The number of ether oxygens (including phenoxy) is 8. The molecule has 11 atom stereocenters. The number of benzene rings is 3. The molecule has 5 aliphatic heterocycles. The highest BCUT2D eigenvalue weighted by Crippen LogP contribution is 2.68. The minimum atomic E-state index is -2.22. The predicted molar refractivity (Wildman–Crippen MR) is 515 cm³/mol. The molecule has 3 fully saturated rings. The second kappa shape index (κ2) is 45.8. The maximum atomic E-state index is 15.6. The van der Waals surface area contributed by atoms with Crippen LogP contribution < -0.4 is 31.6 Å². The summed E-state index contributed by atoms with van der Waals surface area (Å²) in [5.74, 6) is -2.36. The topological polar surface area (TPSA) is 453 Å². The monoisotopic (exact) mass is 1910 g/mol. The second-order valence-corrected chi connectivity index (χ2v) is 47.0. The Balaban J connectivity index is 0.000000262. The lowest BCUT2D eigenvalue weighted by molar-refractivity contribution is -0.202. The third-order valence-corrected chi connectivity index (χ3v) is 36.5. The molecule has 10 N–H and O–H groups in total. The Morgan fingerprint density at radius 1 is 0.774 bits per heavy atom. The van der Waals surface area contributed by atoms with Crippen molar-refractivity contribution in [2.24, 2.45) is 11.3 Å². The lowest BCUT2D eigenvalue weighted by Gasteiger charge is -2.63. The van der Waals surface area contributed by atoms with Crippen LogP contribution in [-0.4, -0.2) is 300 Å². The van der Waals surface area contributed by atoms with Crippen LogP contribution in [0.2, 0.25) is 32.2 Å². The van der Waals surface area contributed by atoms with Crippen LogP contribution >= 0.6 is 25.3 Å². The minimum absolute atomic E-state index is 0. The number of esters is 1. The SMILES string of the molecule is CCOCCOCCOCCOCCOCCOCCCC(=O)CC[C@H](NC(=O)c1ccc(NCc2cnc3nc(N)[nH]c(=O)c3n2)cc1)C(=O)O.CC[C@]1(O)C[C@@H]2CN(CCc3c([nH]c4ccccc34)[C@@](C(=O)OC)(c3cc4c(cc3OC)N(C)[C@H]3[C@@](O)(C(=O)CCCC[Si](C)(C)O[Si](C)(C)CSc5ncc(Cn6cc(C)nn6)cn5)[C@H](O)[C@]5(CC)C=CCN6CC[C@]43[C@@H]65)C2)C1.S. The summed E-state index contributed by atoms with van der Waals surface area (Å²) in [4.78, 5) is 115. The summed E-state index contributed by atoms with van der Waals surface area (Å²) < 4.78 is 53.7. The van der Waals surface area contributed by atoms with Gasteiger partial charge in [0.25, 0.3) is 11.5 Å². The van der Waals surface area contributed by atoms with E-state index in [-0.39, 0.29) is 91.9 Å². The van der Waals surface area contributed by atoms with Crippen molar-refractivity contribution in [2.45, 2.75) is 208 Å². The van der Waals surface area contributed by atoms with E-state index in [1.807, 2.05) is 64.6 Å². The van der Waals surface area contributed by atoms with Gasteiger partial charge in [-0.05, 0) is 164 Å². The third kappa shape index (κ3) is 23.6. The summed E-state index contributed by atoms with van der Waals surface area (Å²) >= 11 is 1.62. The van der Waals surface area contributed by atoms with E-state index >= 15 is 9.59 Å². The molecule has 6 aliphatic rings. The highest BCUT2D eigenvalue weighted by Gasteiger charge is 2.78. The fraction of sp³-hybridized carbons (Fsp3) is 0.585. The number of aryl methyl sites for hydroxylation is 1. The number of thioether (sulfide) groups is 1. The van der Waals surface area contributed by atoms with Crippen molar-refractivity contribution in [2.75, 3.05) is 155 Å². The molecule has 2 saturated heterocycles. The number of nitrogens with one attached hydrogen (secondary N) is 4. The van der Waals surface area contributed by atoms with Crippen molar-refractivity contribution < 1.29 is 86.4 Å². The summed E-state index contributed by atoms with van der Waals surface area (Å²) in [5.41, 5.74) is 7.19. The number of aliphatic hydroxyl groups is 3. The number of H-pyrrole nitrogens is 2. The van der Waals surface area contributed by atoms with Gasteiger partial charge in [-0.3, -0.25) is 38.8 Å². The van der Waals surface area contributed by atoms with E-state index in [0.717, 1.165) is 62.5 Å². The molecule has 35 nitrogen and oxygen atoms in total. The van der Waals surface area contributed by atoms with Gasteiger partial charge in [-0.15, -0.1) is 5.10 Å². The van der Waals surface area contributed by atoms with Gasteiger partial charge in [0.05, 0.1) is 123 Å². The number of carbonyl (C=O) groups excluding carboxylic acids is 4.